The SMILES string of the molecule is CC1(C)CC(=O)C2=C(C1)NC1=C(CN=N1)C21CN(S(=O)(=O)c2cccc(F)c2)C1. The monoisotopic (exact) mass is 416 g/mol. The van der Waals surface area contributed by atoms with Crippen molar-refractivity contribution >= 4 is 15.8 Å². The molecule has 0 amide bonds. The Balaban J connectivity index is 1.54. The maximum absolute atomic E-state index is 13.6. The van der Waals surface area contributed by atoms with Crippen LogP contribution in [0.2, 0.25) is 0 Å². The summed E-state index contributed by atoms with van der Waals surface area (Å²) in [6.07, 6.45) is 1.11. The molecule has 9 heteroatoms. The number of rotatable bonds is 2. The third kappa shape index (κ3) is 2.63. The smallest absolute Gasteiger partial charge is 0.243 e. The molecule has 1 aromatic rings. The highest BCUT2D eigenvalue weighted by atomic mass is 32.2. The van der Waals surface area contributed by atoms with Gasteiger partial charge in [-0.25, -0.2) is 12.8 Å². The van der Waals surface area contributed by atoms with Crippen molar-refractivity contribution in [1.29, 1.82) is 0 Å². The van der Waals surface area contributed by atoms with Crippen LogP contribution in [0.1, 0.15) is 26.7 Å². The number of carbonyl (C=O) groups is 1. The summed E-state index contributed by atoms with van der Waals surface area (Å²) in [5.41, 5.74) is 1.50. The Morgan fingerprint density at radius 3 is 2.69 bits per heavy atom. The molecule has 1 fully saturated rings. The molecule has 1 spiro atoms. The summed E-state index contributed by atoms with van der Waals surface area (Å²) >= 11 is 0. The quantitative estimate of drug-likeness (QED) is 0.803. The molecule has 1 aromatic carbocycles. The fourth-order valence-corrected chi connectivity index (χ4v) is 6.51. The fraction of sp³-hybridized carbons (Fsp3) is 0.450. The minimum absolute atomic E-state index is 0.0463. The first-order valence-corrected chi connectivity index (χ1v) is 11.0. The Morgan fingerprint density at radius 2 is 1.97 bits per heavy atom. The van der Waals surface area contributed by atoms with Gasteiger partial charge in [-0.05, 0) is 30.0 Å². The van der Waals surface area contributed by atoms with E-state index in [0.29, 0.717) is 30.8 Å². The molecule has 3 heterocycles. The molecular weight excluding hydrogens is 395 g/mol. The van der Waals surface area contributed by atoms with Gasteiger partial charge in [0, 0.05) is 36.4 Å². The van der Waals surface area contributed by atoms with Gasteiger partial charge in [0.1, 0.15) is 5.82 Å². The third-order valence-corrected chi connectivity index (χ3v) is 8.00. The molecule has 0 saturated carbocycles. The van der Waals surface area contributed by atoms with E-state index in [4.69, 9.17) is 0 Å². The molecule has 7 nitrogen and oxygen atoms in total. The predicted molar refractivity (Wildman–Crippen MR) is 103 cm³/mol. The Hall–Kier alpha value is -2.39. The van der Waals surface area contributed by atoms with E-state index >= 15 is 0 Å². The number of fused-ring (bicyclic) bond motifs is 2. The zero-order valence-corrected chi connectivity index (χ0v) is 17.0. The highest BCUT2D eigenvalue weighted by Gasteiger charge is 2.59. The van der Waals surface area contributed by atoms with Gasteiger partial charge in [0.15, 0.2) is 11.6 Å². The third-order valence-electron chi connectivity index (χ3n) is 6.21. The number of nitrogens with zero attached hydrogens (tertiary/aromatic N) is 3. The lowest BCUT2D eigenvalue weighted by Gasteiger charge is -2.54. The van der Waals surface area contributed by atoms with Crippen molar-refractivity contribution in [3.05, 3.63) is 52.7 Å². The van der Waals surface area contributed by atoms with Crippen LogP contribution in [0.25, 0.3) is 0 Å². The summed E-state index contributed by atoms with van der Waals surface area (Å²) in [4.78, 5) is 13.0. The minimum Gasteiger partial charge on any atom is -0.342 e. The van der Waals surface area contributed by atoms with Crippen LogP contribution < -0.4 is 5.32 Å². The van der Waals surface area contributed by atoms with Gasteiger partial charge in [0.05, 0.1) is 16.9 Å². The number of azo groups is 1. The number of nitrogens with one attached hydrogen (secondary N) is 1. The molecule has 0 bridgehead atoms. The Labute approximate surface area is 168 Å². The van der Waals surface area contributed by atoms with E-state index in [0.717, 1.165) is 17.3 Å². The number of dihydropyridines is 1. The van der Waals surface area contributed by atoms with Crippen molar-refractivity contribution in [3.63, 3.8) is 0 Å². The molecule has 3 aliphatic heterocycles. The van der Waals surface area contributed by atoms with Gasteiger partial charge in [0.2, 0.25) is 10.0 Å². The maximum atomic E-state index is 13.6. The average molecular weight is 416 g/mol. The molecule has 1 saturated heterocycles. The van der Waals surface area contributed by atoms with Crippen molar-refractivity contribution in [2.24, 2.45) is 21.1 Å². The van der Waals surface area contributed by atoms with E-state index in [2.05, 4.69) is 15.5 Å². The number of ketones is 1. The second kappa shape index (κ2) is 5.82. The molecule has 0 aromatic heterocycles. The first kappa shape index (κ1) is 18.6. The van der Waals surface area contributed by atoms with E-state index in [1.165, 1.54) is 22.5 Å². The molecule has 0 unspecified atom stereocenters. The van der Waals surface area contributed by atoms with E-state index in [-0.39, 0.29) is 29.2 Å². The van der Waals surface area contributed by atoms with Crippen LogP contribution in [0.4, 0.5) is 4.39 Å². The van der Waals surface area contributed by atoms with Crippen LogP contribution >= 0.6 is 0 Å². The van der Waals surface area contributed by atoms with Crippen molar-refractivity contribution in [2.45, 2.75) is 31.6 Å². The van der Waals surface area contributed by atoms with Crippen molar-refractivity contribution in [2.75, 3.05) is 19.6 Å². The lowest BCUT2D eigenvalue weighted by molar-refractivity contribution is -0.120. The topological polar surface area (TPSA) is 91.2 Å². The van der Waals surface area contributed by atoms with Gasteiger partial charge in [-0.1, -0.05) is 19.9 Å². The number of halogens is 1. The number of hydrogen-bond acceptors (Lipinski definition) is 6. The van der Waals surface area contributed by atoms with Crippen molar-refractivity contribution in [3.8, 4) is 0 Å². The van der Waals surface area contributed by atoms with Crippen LogP contribution in [0, 0.1) is 16.6 Å². The van der Waals surface area contributed by atoms with Gasteiger partial charge >= 0.3 is 0 Å². The molecule has 152 valence electrons. The molecule has 4 aliphatic rings. The number of Topliss-reactive ketones (excluding diaryl/α,β-unsaturated/α-hetero) is 1. The van der Waals surface area contributed by atoms with Gasteiger partial charge in [-0.15, -0.1) is 5.11 Å². The van der Waals surface area contributed by atoms with Gasteiger partial charge < -0.3 is 5.32 Å². The van der Waals surface area contributed by atoms with Crippen LogP contribution in [0.5, 0.6) is 0 Å². The van der Waals surface area contributed by atoms with E-state index in [1.807, 2.05) is 13.8 Å². The average Bonchev–Trinajstić information content (AvgIpc) is 3.05. The summed E-state index contributed by atoms with van der Waals surface area (Å²) < 4.78 is 40.9. The van der Waals surface area contributed by atoms with Crippen LogP contribution in [0.15, 0.2) is 62.1 Å². The highest BCUT2D eigenvalue weighted by molar-refractivity contribution is 7.89. The Morgan fingerprint density at radius 1 is 1.21 bits per heavy atom. The normalized spacial score (nSPS) is 25.0. The largest absolute Gasteiger partial charge is 0.342 e. The lowest BCUT2D eigenvalue weighted by Crippen LogP contribution is -2.63. The van der Waals surface area contributed by atoms with Crippen LogP contribution in [-0.2, 0) is 14.8 Å². The molecule has 5 rings (SSSR count). The molecule has 0 radical (unpaired) electrons. The molecule has 29 heavy (non-hydrogen) atoms. The summed E-state index contributed by atoms with van der Waals surface area (Å²) in [7, 11) is -3.85. The minimum atomic E-state index is -3.85. The zero-order valence-electron chi connectivity index (χ0n) is 16.2. The highest BCUT2D eigenvalue weighted by Crippen LogP contribution is 2.55. The number of allylic oxidation sites excluding steroid dienone is 1. The van der Waals surface area contributed by atoms with Crippen LogP contribution in [0.3, 0.4) is 0 Å². The molecule has 0 atom stereocenters. The van der Waals surface area contributed by atoms with Gasteiger partial charge in [-0.3, -0.25) is 4.79 Å². The van der Waals surface area contributed by atoms with Crippen LogP contribution in [-0.4, -0.2) is 38.1 Å². The number of benzene rings is 1. The lowest BCUT2D eigenvalue weighted by atomic mass is 9.60. The molecule has 1 aliphatic carbocycles. The Kier molecular flexibility index (Phi) is 3.74. The second-order valence-corrected chi connectivity index (χ2v) is 10.9. The Bertz CT molecular complexity index is 1140. The second-order valence-electron chi connectivity index (χ2n) is 8.96. The summed E-state index contributed by atoms with van der Waals surface area (Å²) in [6.45, 7) is 4.73. The number of sulfonamides is 1. The van der Waals surface area contributed by atoms with Gasteiger partial charge in [0.25, 0.3) is 0 Å². The molecular formula is C20H21FN4O3S. The number of hydrogen-bond donors (Lipinski definition) is 1. The van der Waals surface area contributed by atoms with E-state index in [1.54, 1.807) is 0 Å². The summed E-state index contributed by atoms with van der Waals surface area (Å²) in [6, 6.07) is 5.00. The fourth-order valence-electron chi connectivity index (χ4n) is 4.92. The predicted octanol–water partition coefficient (Wildman–Crippen LogP) is 2.74. The summed E-state index contributed by atoms with van der Waals surface area (Å²) in [5, 5.41) is 11.6. The first-order chi connectivity index (χ1) is 13.6. The summed E-state index contributed by atoms with van der Waals surface area (Å²) in [5.74, 6) is 0.0818. The molecule has 1 N–H and O–H groups in total. The van der Waals surface area contributed by atoms with Crippen molar-refractivity contribution < 1.29 is 17.6 Å². The zero-order chi connectivity index (χ0) is 20.6. The van der Waals surface area contributed by atoms with E-state index in [9.17, 15) is 17.6 Å². The standard InChI is InChI=1S/C20H21FN4O3S/c1-19(2)7-15-17(16(26)8-19)20(14-9-22-24-18(14)23-15)10-25(11-20)29(27,28)13-5-3-4-12(21)6-13/h3-6,23H,7-11H2,1-2H3. The first-order valence-electron chi connectivity index (χ1n) is 9.53. The van der Waals surface area contributed by atoms with Crippen molar-refractivity contribution in [1.82, 2.24) is 9.62 Å². The van der Waals surface area contributed by atoms with Gasteiger partial charge in [-0.2, -0.15) is 9.42 Å². The number of carbonyl (C=O) groups excluding carboxylic acids is 1. The van der Waals surface area contributed by atoms with E-state index < -0.39 is 21.3 Å². The maximum Gasteiger partial charge on any atom is 0.243 e.